The molecule has 1 aromatic heterocycles. The number of thiophene rings is 1. The maximum Gasteiger partial charge on any atom is 0.0204 e. The SMILES string of the molecule is CNC1CCN(C(C)Cc2ccc(C)s2)C1. The second-order valence-corrected chi connectivity index (χ2v) is 6.21. The summed E-state index contributed by atoms with van der Waals surface area (Å²) in [4.78, 5) is 5.56. The molecule has 0 spiro atoms. The molecule has 1 N–H and O–H groups in total. The van der Waals surface area contributed by atoms with Gasteiger partial charge in [-0.05, 0) is 45.9 Å². The van der Waals surface area contributed by atoms with Crippen LogP contribution in [0.1, 0.15) is 23.1 Å². The molecule has 0 saturated carbocycles. The largest absolute Gasteiger partial charge is 0.316 e. The molecule has 0 amide bonds. The van der Waals surface area contributed by atoms with Crippen molar-refractivity contribution in [3.05, 3.63) is 21.9 Å². The van der Waals surface area contributed by atoms with Crippen LogP contribution >= 0.6 is 11.3 Å². The van der Waals surface area contributed by atoms with Gasteiger partial charge in [0.15, 0.2) is 0 Å². The summed E-state index contributed by atoms with van der Waals surface area (Å²) in [7, 11) is 2.07. The van der Waals surface area contributed by atoms with Crippen LogP contribution in [0.2, 0.25) is 0 Å². The van der Waals surface area contributed by atoms with Gasteiger partial charge in [-0.15, -0.1) is 11.3 Å². The van der Waals surface area contributed by atoms with Gasteiger partial charge in [-0.2, -0.15) is 0 Å². The normalized spacial score (nSPS) is 23.8. The first kappa shape index (κ1) is 12.1. The first-order valence-electron chi connectivity index (χ1n) is 6.15. The van der Waals surface area contributed by atoms with Crippen LogP contribution in [0.4, 0.5) is 0 Å². The highest BCUT2D eigenvalue weighted by Gasteiger charge is 2.24. The van der Waals surface area contributed by atoms with Crippen LogP contribution < -0.4 is 5.32 Å². The van der Waals surface area contributed by atoms with Crippen molar-refractivity contribution in [2.24, 2.45) is 0 Å². The van der Waals surface area contributed by atoms with E-state index in [1.807, 2.05) is 11.3 Å². The number of likely N-dealkylation sites (tertiary alicyclic amines) is 1. The smallest absolute Gasteiger partial charge is 0.0204 e. The molecule has 1 aliphatic rings. The van der Waals surface area contributed by atoms with Gasteiger partial charge in [0.25, 0.3) is 0 Å². The van der Waals surface area contributed by atoms with Crippen molar-refractivity contribution in [2.45, 2.75) is 38.8 Å². The van der Waals surface area contributed by atoms with Crippen LogP contribution in [0.15, 0.2) is 12.1 Å². The van der Waals surface area contributed by atoms with Crippen LogP contribution in [0.5, 0.6) is 0 Å². The maximum absolute atomic E-state index is 3.38. The molecule has 90 valence electrons. The molecule has 1 saturated heterocycles. The van der Waals surface area contributed by atoms with Crippen LogP contribution in [0, 0.1) is 6.92 Å². The van der Waals surface area contributed by atoms with Gasteiger partial charge < -0.3 is 5.32 Å². The van der Waals surface area contributed by atoms with E-state index in [1.54, 1.807) is 0 Å². The summed E-state index contributed by atoms with van der Waals surface area (Å²) >= 11 is 1.94. The van der Waals surface area contributed by atoms with E-state index < -0.39 is 0 Å². The highest BCUT2D eigenvalue weighted by Crippen LogP contribution is 2.20. The minimum absolute atomic E-state index is 0.677. The van der Waals surface area contributed by atoms with E-state index in [4.69, 9.17) is 0 Å². The van der Waals surface area contributed by atoms with Gasteiger partial charge in [-0.1, -0.05) is 0 Å². The monoisotopic (exact) mass is 238 g/mol. The molecule has 2 atom stereocenters. The van der Waals surface area contributed by atoms with Crippen LogP contribution in [0.3, 0.4) is 0 Å². The lowest BCUT2D eigenvalue weighted by Gasteiger charge is -2.23. The summed E-state index contributed by atoms with van der Waals surface area (Å²) in [6, 6.07) is 5.89. The highest BCUT2D eigenvalue weighted by molar-refractivity contribution is 7.11. The molecule has 1 aromatic rings. The fraction of sp³-hybridized carbons (Fsp3) is 0.692. The van der Waals surface area contributed by atoms with Crippen LogP contribution in [-0.2, 0) is 6.42 Å². The van der Waals surface area contributed by atoms with Gasteiger partial charge in [0, 0.05) is 34.9 Å². The van der Waals surface area contributed by atoms with E-state index >= 15 is 0 Å². The molecule has 2 nitrogen and oxygen atoms in total. The molecule has 2 rings (SSSR count). The van der Waals surface area contributed by atoms with E-state index in [0.717, 1.165) is 0 Å². The molecular formula is C13H22N2S. The van der Waals surface area contributed by atoms with Gasteiger partial charge in [0.2, 0.25) is 0 Å². The summed E-state index contributed by atoms with van der Waals surface area (Å²) in [5, 5.41) is 3.38. The average molecular weight is 238 g/mol. The number of aryl methyl sites for hydroxylation is 1. The Balaban J connectivity index is 1.86. The van der Waals surface area contributed by atoms with Gasteiger partial charge >= 0.3 is 0 Å². The fourth-order valence-electron chi connectivity index (χ4n) is 2.44. The Kier molecular flexibility index (Phi) is 4.00. The van der Waals surface area contributed by atoms with E-state index in [2.05, 4.69) is 43.2 Å². The molecule has 0 aromatic carbocycles. The Labute approximate surface area is 103 Å². The third kappa shape index (κ3) is 2.84. The van der Waals surface area contributed by atoms with Crippen molar-refractivity contribution in [1.29, 1.82) is 0 Å². The predicted octanol–water partition coefficient (Wildman–Crippen LogP) is 2.28. The molecule has 1 aliphatic heterocycles. The molecule has 0 aliphatic carbocycles. The lowest BCUT2D eigenvalue weighted by Crippen LogP contribution is -2.35. The number of nitrogens with one attached hydrogen (secondary N) is 1. The molecular weight excluding hydrogens is 216 g/mol. The summed E-state index contributed by atoms with van der Waals surface area (Å²) < 4.78 is 0. The minimum Gasteiger partial charge on any atom is -0.316 e. The topological polar surface area (TPSA) is 15.3 Å². The number of rotatable bonds is 4. The Hall–Kier alpha value is -0.380. The zero-order valence-corrected chi connectivity index (χ0v) is 11.3. The number of nitrogens with zero attached hydrogens (tertiary/aromatic N) is 1. The summed E-state index contributed by atoms with van der Waals surface area (Å²) in [6.07, 6.45) is 2.50. The Morgan fingerprint density at radius 1 is 1.56 bits per heavy atom. The molecule has 3 heteroatoms. The molecule has 2 heterocycles. The Morgan fingerprint density at radius 2 is 2.38 bits per heavy atom. The van der Waals surface area contributed by atoms with E-state index in [-0.39, 0.29) is 0 Å². The third-order valence-electron chi connectivity index (χ3n) is 3.54. The first-order valence-corrected chi connectivity index (χ1v) is 6.97. The quantitative estimate of drug-likeness (QED) is 0.866. The third-order valence-corrected chi connectivity index (χ3v) is 4.57. The lowest BCUT2D eigenvalue weighted by atomic mass is 10.2. The standard InChI is InChI=1S/C13H22N2S/c1-10(8-13-5-4-11(2)16-13)15-7-6-12(9-15)14-3/h4-5,10,12,14H,6-9H2,1-3H3. The van der Waals surface area contributed by atoms with Crippen molar-refractivity contribution in [3.63, 3.8) is 0 Å². The zero-order chi connectivity index (χ0) is 11.5. The van der Waals surface area contributed by atoms with E-state index in [1.165, 1.54) is 35.7 Å². The lowest BCUT2D eigenvalue weighted by molar-refractivity contribution is 0.253. The van der Waals surface area contributed by atoms with E-state index in [0.29, 0.717) is 12.1 Å². The van der Waals surface area contributed by atoms with Gasteiger partial charge in [0.1, 0.15) is 0 Å². The van der Waals surface area contributed by atoms with Crippen molar-refractivity contribution in [3.8, 4) is 0 Å². The summed E-state index contributed by atoms with van der Waals surface area (Å²) in [5.74, 6) is 0. The predicted molar refractivity (Wildman–Crippen MR) is 71.3 cm³/mol. The number of hydrogen-bond acceptors (Lipinski definition) is 3. The number of likely N-dealkylation sites (N-methyl/N-ethyl adjacent to an activating group) is 1. The summed E-state index contributed by atoms with van der Waals surface area (Å²) in [5.41, 5.74) is 0. The van der Waals surface area contributed by atoms with Crippen LogP contribution in [-0.4, -0.2) is 37.1 Å². The molecule has 0 radical (unpaired) electrons. The zero-order valence-electron chi connectivity index (χ0n) is 10.5. The summed E-state index contributed by atoms with van der Waals surface area (Å²) in [6.45, 7) is 7.00. The van der Waals surface area contributed by atoms with Gasteiger partial charge in [-0.3, -0.25) is 4.90 Å². The van der Waals surface area contributed by atoms with Crippen molar-refractivity contribution in [1.82, 2.24) is 10.2 Å². The molecule has 0 bridgehead atoms. The second kappa shape index (κ2) is 5.30. The van der Waals surface area contributed by atoms with Gasteiger partial charge in [0.05, 0.1) is 0 Å². The van der Waals surface area contributed by atoms with Crippen LogP contribution in [0.25, 0.3) is 0 Å². The Morgan fingerprint density at radius 3 is 2.94 bits per heavy atom. The maximum atomic E-state index is 3.38. The van der Waals surface area contributed by atoms with Crippen molar-refractivity contribution < 1.29 is 0 Å². The van der Waals surface area contributed by atoms with Gasteiger partial charge in [-0.25, -0.2) is 0 Å². The second-order valence-electron chi connectivity index (χ2n) is 4.83. The highest BCUT2D eigenvalue weighted by atomic mass is 32.1. The fourth-order valence-corrected chi connectivity index (χ4v) is 3.45. The first-order chi connectivity index (χ1) is 7.69. The van der Waals surface area contributed by atoms with Crippen molar-refractivity contribution in [2.75, 3.05) is 20.1 Å². The average Bonchev–Trinajstić information content (AvgIpc) is 2.87. The van der Waals surface area contributed by atoms with E-state index in [9.17, 15) is 0 Å². The molecule has 16 heavy (non-hydrogen) atoms. The number of hydrogen-bond donors (Lipinski definition) is 1. The molecule has 2 unspecified atom stereocenters. The van der Waals surface area contributed by atoms with Crippen molar-refractivity contribution >= 4 is 11.3 Å². The Bertz CT molecular complexity index is 334. The minimum atomic E-state index is 0.677. The molecule has 1 fully saturated rings.